The van der Waals surface area contributed by atoms with Crippen LogP contribution in [0.15, 0.2) is 54.6 Å². The molecule has 1 fully saturated rings. The lowest BCUT2D eigenvalue weighted by Crippen LogP contribution is -2.29. The lowest BCUT2D eigenvalue weighted by atomic mass is 10.1. The van der Waals surface area contributed by atoms with Crippen LogP contribution < -0.4 is 4.74 Å². The maximum atomic E-state index is 13.3. The summed E-state index contributed by atoms with van der Waals surface area (Å²) in [5, 5.41) is 4.63. The van der Waals surface area contributed by atoms with Gasteiger partial charge in [0.05, 0.1) is 18.5 Å². The van der Waals surface area contributed by atoms with Crippen molar-refractivity contribution >= 4 is 5.91 Å². The molecule has 0 atom stereocenters. The molecule has 6 heteroatoms. The summed E-state index contributed by atoms with van der Waals surface area (Å²) < 4.78 is 20.1. The van der Waals surface area contributed by atoms with Crippen molar-refractivity contribution in [1.29, 1.82) is 0 Å². The molecule has 0 aliphatic carbocycles. The number of carbonyl (C=O) groups excluding carboxylic acids is 1. The Kier molecular flexibility index (Phi) is 4.62. The first-order valence-electron chi connectivity index (χ1n) is 8.95. The third-order valence-electron chi connectivity index (χ3n) is 4.78. The van der Waals surface area contributed by atoms with E-state index in [1.54, 1.807) is 30.0 Å². The van der Waals surface area contributed by atoms with Crippen molar-refractivity contribution in [3.8, 4) is 22.7 Å². The zero-order chi connectivity index (χ0) is 18.8. The van der Waals surface area contributed by atoms with Crippen molar-refractivity contribution in [1.82, 2.24) is 14.7 Å². The zero-order valence-electron chi connectivity index (χ0n) is 15.1. The second-order valence-corrected chi connectivity index (χ2v) is 6.53. The number of ether oxygens (including phenoxy) is 1. The fraction of sp³-hybridized carbons (Fsp3) is 0.238. The summed E-state index contributed by atoms with van der Waals surface area (Å²) in [5.41, 5.74) is 2.70. The third-order valence-corrected chi connectivity index (χ3v) is 4.78. The van der Waals surface area contributed by atoms with E-state index in [-0.39, 0.29) is 11.7 Å². The van der Waals surface area contributed by atoms with E-state index in [9.17, 15) is 9.18 Å². The lowest BCUT2D eigenvalue weighted by Gasteiger charge is -2.16. The second-order valence-electron chi connectivity index (χ2n) is 6.53. The third kappa shape index (κ3) is 3.43. The first kappa shape index (κ1) is 17.3. The second kappa shape index (κ2) is 7.23. The molecule has 3 aromatic rings. The number of carbonyl (C=O) groups is 1. The molecule has 2 aromatic carbocycles. The van der Waals surface area contributed by atoms with Crippen molar-refractivity contribution in [2.45, 2.75) is 12.8 Å². The van der Waals surface area contributed by atoms with Crippen LogP contribution in [0.2, 0.25) is 0 Å². The van der Waals surface area contributed by atoms with Crippen molar-refractivity contribution in [2.24, 2.45) is 0 Å². The van der Waals surface area contributed by atoms with Crippen LogP contribution in [0, 0.1) is 5.82 Å². The number of hydrogen-bond donors (Lipinski definition) is 0. The first-order valence-corrected chi connectivity index (χ1v) is 8.95. The summed E-state index contributed by atoms with van der Waals surface area (Å²) in [7, 11) is 1.62. The number of aromatic nitrogens is 2. The molecule has 0 unspecified atom stereocenters. The number of amides is 1. The van der Waals surface area contributed by atoms with Gasteiger partial charge in [-0.2, -0.15) is 5.10 Å². The SMILES string of the molecule is COc1ccc(-c2cc(C(=O)N3CCCC3)n(-c3ccc(F)cc3)n2)cc1. The van der Waals surface area contributed by atoms with Gasteiger partial charge in [-0.05, 0) is 67.4 Å². The normalized spacial score (nSPS) is 13.8. The highest BCUT2D eigenvalue weighted by atomic mass is 19.1. The van der Waals surface area contributed by atoms with E-state index in [4.69, 9.17) is 4.74 Å². The molecule has 1 aliphatic heterocycles. The monoisotopic (exact) mass is 365 g/mol. The van der Waals surface area contributed by atoms with Crippen LogP contribution >= 0.6 is 0 Å². The predicted molar refractivity (Wildman–Crippen MR) is 101 cm³/mol. The molecular formula is C21H20FN3O2. The molecule has 0 N–H and O–H groups in total. The summed E-state index contributed by atoms with van der Waals surface area (Å²) in [4.78, 5) is 14.9. The summed E-state index contributed by atoms with van der Waals surface area (Å²) in [6, 6.07) is 15.3. The van der Waals surface area contributed by atoms with E-state index < -0.39 is 0 Å². The van der Waals surface area contributed by atoms with E-state index in [0.717, 1.165) is 37.2 Å². The summed E-state index contributed by atoms with van der Waals surface area (Å²) in [6.45, 7) is 1.51. The largest absolute Gasteiger partial charge is 0.497 e. The fourth-order valence-corrected chi connectivity index (χ4v) is 3.30. The highest BCUT2D eigenvalue weighted by molar-refractivity contribution is 5.94. The highest BCUT2D eigenvalue weighted by Gasteiger charge is 2.25. The Labute approximate surface area is 157 Å². The summed E-state index contributed by atoms with van der Waals surface area (Å²) in [6.07, 6.45) is 2.03. The molecule has 5 nitrogen and oxygen atoms in total. The van der Waals surface area contributed by atoms with Crippen LogP contribution in [0.3, 0.4) is 0 Å². The zero-order valence-corrected chi connectivity index (χ0v) is 15.1. The van der Waals surface area contributed by atoms with E-state index in [0.29, 0.717) is 17.1 Å². The van der Waals surface area contributed by atoms with Gasteiger partial charge in [-0.1, -0.05) is 0 Å². The molecule has 4 rings (SSSR count). The molecule has 0 radical (unpaired) electrons. The number of methoxy groups -OCH3 is 1. The number of halogens is 1. The minimum absolute atomic E-state index is 0.0518. The van der Waals surface area contributed by atoms with E-state index in [2.05, 4.69) is 5.10 Å². The molecule has 1 amide bonds. The molecule has 1 saturated heterocycles. The molecule has 1 aliphatic rings. The maximum Gasteiger partial charge on any atom is 0.272 e. The topological polar surface area (TPSA) is 47.4 Å². The Bertz CT molecular complexity index is 943. The average molecular weight is 365 g/mol. The van der Waals surface area contributed by atoms with E-state index in [1.165, 1.54) is 12.1 Å². The van der Waals surface area contributed by atoms with E-state index >= 15 is 0 Å². The lowest BCUT2D eigenvalue weighted by molar-refractivity contribution is 0.0784. The Morgan fingerprint density at radius 1 is 1.04 bits per heavy atom. The quantitative estimate of drug-likeness (QED) is 0.704. The number of hydrogen-bond acceptors (Lipinski definition) is 3. The van der Waals surface area contributed by atoms with Crippen molar-refractivity contribution in [3.63, 3.8) is 0 Å². The Balaban J connectivity index is 1.78. The molecular weight excluding hydrogens is 345 g/mol. The van der Waals surface area contributed by atoms with Gasteiger partial charge in [0, 0.05) is 18.7 Å². The van der Waals surface area contributed by atoms with Gasteiger partial charge in [0.25, 0.3) is 5.91 Å². The number of benzene rings is 2. The van der Waals surface area contributed by atoms with Crippen LogP contribution in [-0.4, -0.2) is 40.8 Å². The van der Waals surface area contributed by atoms with Crippen LogP contribution in [-0.2, 0) is 0 Å². The van der Waals surface area contributed by atoms with Gasteiger partial charge in [0.2, 0.25) is 0 Å². The van der Waals surface area contributed by atoms with Crippen LogP contribution in [0.5, 0.6) is 5.75 Å². The minimum atomic E-state index is -0.325. The van der Waals surface area contributed by atoms with Gasteiger partial charge >= 0.3 is 0 Å². The molecule has 0 saturated carbocycles. The van der Waals surface area contributed by atoms with Crippen LogP contribution in [0.4, 0.5) is 4.39 Å². The standard InChI is InChI=1S/C21H20FN3O2/c1-27-18-10-4-15(5-11-18)19-14-20(21(26)24-12-2-3-13-24)25(23-19)17-8-6-16(22)7-9-17/h4-11,14H,2-3,12-13H2,1H3. The maximum absolute atomic E-state index is 13.3. The van der Waals surface area contributed by atoms with Gasteiger partial charge in [-0.3, -0.25) is 4.79 Å². The minimum Gasteiger partial charge on any atom is -0.497 e. The van der Waals surface area contributed by atoms with Gasteiger partial charge < -0.3 is 9.64 Å². The van der Waals surface area contributed by atoms with Gasteiger partial charge in [0.1, 0.15) is 17.3 Å². The first-order chi connectivity index (χ1) is 13.2. The molecule has 27 heavy (non-hydrogen) atoms. The Hall–Kier alpha value is -3.15. The summed E-state index contributed by atoms with van der Waals surface area (Å²) in [5.74, 6) is 0.378. The van der Waals surface area contributed by atoms with Gasteiger partial charge in [0.15, 0.2) is 0 Å². The highest BCUT2D eigenvalue weighted by Crippen LogP contribution is 2.25. The van der Waals surface area contributed by atoms with Crippen molar-refractivity contribution < 1.29 is 13.9 Å². The molecule has 138 valence electrons. The number of likely N-dealkylation sites (tertiary alicyclic amines) is 1. The Morgan fingerprint density at radius 3 is 2.33 bits per heavy atom. The van der Waals surface area contributed by atoms with Crippen molar-refractivity contribution in [2.75, 3.05) is 20.2 Å². The average Bonchev–Trinajstić information content (AvgIpc) is 3.38. The molecule has 0 spiro atoms. The molecule has 1 aromatic heterocycles. The number of rotatable bonds is 4. The van der Waals surface area contributed by atoms with Gasteiger partial charge in [-0.15, -0.1) is 0 Å². The fourth-order valence-electron chi connectivity index (χ4n) is 3.30. The summed E-state index contributed by atoms with van der Waals surface area (Å²) >= 11 is 0. The van der Waals surface area contributed by atoms with E-state index in [1.807, 2.05) is 29.2 Å². The van der Waals surface area contributed by atoms with Gasteiger partial charge in [-0.25, -0.2) is 9.07 Å². The molecule has 2 heterocycles. The Morgan fingerprint density at radius 2 is 1.70 bits per heavy atom. The van der Waals surface area contributed by atoms with Crippen LogP contribution in [0.25, 0.3) is 16.9 Å². The predicted octanol–water partition coefficient (Wildman–Crippen LogP) is 3.92. The van der Waals surface area contributed by atoms with Crippen molar-refractivity contribution in [3.05, 3.63) is 66.1 Å². The number of nitrogens with zero attached hydrogens (tertiary/aromatic N) is 3. The molecule has 0 bridgehead atoms. The smallest absolute Gasteiger partial charge is 0.272 e. The van der Waals surface area contributed by atoms with Crippen LogP contribution in [0.1, 0.15) is 23.3 Å².